The zero-order chi connectivity index (χ0) is 23.6. The maximum absolute atomic E-state index is 12.8. The maximum Gasteiger partial charge on any atom is 0.415 e. The van der Waals surface area contributed by atoms with Crippen LogP contribution in [-0.4, -0.2) is 47.6 Å². The quantitative estimate of drug-likeness (QED) is 0.562. The van der Waals surface area contributed by atoms with Crippen LogP contribution in [0.2, 0.25) is 0 Å². The summed E-state index contributed by atoms with van der Waals surface area (Å²) in [7, 11) is 0. The fourth-order valence-electron chi connectivity index (χ4n) is 2.95. The molecule has 0 aliphatic rings. The molecule has 2 amide bonds. The molecule has 0 saturated carbocycles. The molecular formula is C24H38N2O5. The average Bonchev–Trinajstić information content (AvgIpc) is 2.66. The number of rotatable bonds is 10. The van der Waals surface area contributed by atoms with Gasteiger partial charge >= 0.3 is 12.2 Å². The van der Waals surface area contributed by atoms with Crippen LogP contribution in [0.5, 0.6) is 5.75 Å². The van der Waals surface area contributed by atoms with Crippen molar-refractivity contribution in [2.45, 2.75) is 79.4 Å². The summed E-state index contributed by atoms with van der Waals surface area (Å²) in [5, 5.41) is 2.68. The minimum Gasteiger partial charge on any atom is -0.444 e. The van der Waals surface area contributed by atoms with Crippen LogP contribution < -0.4 is 10.1 Å². The van der Waals surface area contributed by atoms with Gasteiger partial charge in [-0.2, -0.15) is 0 Å². The van der Waals surface area contributed by atoms with E-state index < -0.39 is 23.8 Å². The number of hydrogen-bond donors (Lipinski definition) is 1. The number of alkyl carbamates (subject to hydrolysis) is 1. The zero-order valence-electron chi connectivity index (χ0n) is 20.0. The highest BCUT2D eigenvalue weighted by atomic mass is 16.6. The Morgan fingerprint density at radius 1 is 1.06 bits per heavy atom. The SMILES string of the molecule is CCc1ccc(OC(=O)N(CC)CCC(=O)[C@@H](CC(C)C)NC(=O)OC(C)(C)C)cc1. The number of nitrogens with one attached hydrogen (secondary N) is 1. The Morgan fingerprint density at radius 3 is 2.16 bits per heavy atom. The van der Waals surface area contributed by atoms with E-state index in [0.717, 1.165) is 12.0 Å². The summed E-state index contributed by atoms with van der Waals surface area (Å²) in [5.41, 5.74) is 0.513. The van der Waals surface area contributed by atoms with E-state index in [1.165, 1.54) is 4.90 Å². The molecule has 0 radical (unpaired) electrons. The van der Waals surface area contributed by atoms with Gasteiger partial charge in [0.15, 0.2) is 5.78 Å². The van der Waals surface area contributed by atoms with E-state index in [0.29, 0.717) is 18.7 Å². The third-order valence-electron chi connectivity index (χ3n) is 4.59. The molecule has 0 bridgehead atoms. The number of nitrogens with zero attached hydrogens (tertiary/aromatic N) is 1. The molecular weight excluding hydrogens is 396 g/mol. The van der Waals surface area contributed by atoms with E-state index in [1.54, 1.807) is 32.9 Å². The van der Waals surface area contributed by atoms with E-state index in [4.69, 9.17) is 9.47 Å². The number of aryl methyl sites for hydroxylation is 1. The van der Waals surface area contributed by atoms with Gasteiger partial charge in [-0.1, -0.05) is 32.9 Å². The monoisotopic (exact) mass is 434 g/mol. The summed E-state index contributed by atoms with van der Waals surface area (Å²) in [6, 6.07) is 6.70. The standard InChI is InChI=1S/C24H38N2O5/c1-8-18-10-12-19(13-11-18)30-23(29)26(9-2)15-14-21(27)20(16-17(3)4)25-22(28)31-24(5,6)7/h10-13,17,20H,8-9,14-16H2,1-7H3,(H,25,28)/t20-/m1/s1. The summed E-state index contributed by atoms with van der Waals surface area (Å²) < 4.78 is 10.7. The lowest BCUT2D eigenvalue weighted by atomic mass is 9.98. The molecule has 174 valence electrons. The molecule has 0 aliphatic heterocycles. The van der Waals surface area contributed by atoms with Crippen molar-refractivity contribution in [2.75, 3.05) is 13.1 Å². The van der Waals surface area contributed by atoms with Crippen LogP contribution in [0.15, 0.2) is 24.3 Å². The predicted octanol–water partition coefficient (Wildman–Crippen LogP) is 4.97. The Morgan fingerprint density at radius 2 is 1.68 bits per heavy atom. The van der Waals surface area contributed by atoms with E-state index in [9.17, 15) is 14.4 Å². The van der Waals surface area contributed by atoms with E-state index in [-0.39, 0.29) is 24.7 Å². The van der Waals surface area contributed by atoms with Crippen LogP contribution in [0.25, 0.3) is 0 Å². The molecule has 0 aromatic heterocycles. The Hall–Kier alpha value is -2.57. The Labute approximate surface area is 186 Å². The van der Waals surface area contributed by atoms with Crippen LogP contribution in [-0.2, 0) is 16.0 Å². The topological polar surface area (TPSA) is 84.9 Å². The number of amides is 2. The second-order valence-corrected chi connectivity index (χ2v) is 8.99. The Bertz CT molecular complexity index is 722. The summed E-state index contributed by atoms with van der Waals surface area (Å²) in [4.78, 5) is 38.9. The van der Waals surface area contributed by atoms with Crippen molar-refractivity contribution in [2.24, 2.45) is 5.92 Å². The molecule has 1 aromatic rings. The fourth-order valence-corrected chi connectivity index (χ4v) is 2.95. The lowest BCUT2D eigenvalue weighted by molar-refractivity contribution is -0.121. The normalized spacial score (nSPS) is 12.3. The molecule has 0 saturated heterocycles. The summed E-state index contributed by atoms with van der Waals surface area (Å²) in [5.74, 6) is 0.539. The molecule has 1 rings (SSSR count). The number of hydrogen-bond acceptors (Lipinski definition) is 5. The number of ketones is 1. The molecule has 0 fully saturated rings. The number of carbonyl (C=O) groups is 3. The van der Waals surface area contributed by atoms with Crippen molar-refractivity contribution in [3.05, 3.63) is 29.8 Å². The Balaban J connectivity index is 2.68. The average molecular weight is 435 g/mol. The predicted molar refractivity (Wildman–Crippen MR) is 121 cm³/mol. The summed E-state index contributed by atoms with van der Waals surface area (Å²) >= 11 is 0. The number of carbonyl (C=O) groups excluding carboxylic acids is 3. The van der Waals surface area contributed by atoms with E-state index in [1.807, 2.05) is 32.9 Å². The molecule has 0 unspecified atom stereocenters. The number of ether oxygens (including phenoxy) is 2. The van der Waals surface area contributed by atoms with Gasteiger partial charge in [0.05, 0.1) is 6.04 Å². The lowest BCUT2D eigenvalue weighted by Crippen LogP contribution is -2.45. The van der Waals surface area contributed by atoms with Gasteiger partial charge in [0.2, 0.25) is 0 Å². The number of benzene rings is 1. The van der Waals surface area contributed by atoms with Crippen LogP contribution in [0.3, 0.4) is 0 Å². The highest BCUT2D eigenvalue weighted by Crippen LogP contribution is 2.15. The first-order valence-electron chi connectivity index (χ1n) is 11.0. The Kier molecular flexibility index (Phi) is 10.5. The van der Waals surface area contributed by atoms with Gasteiger partial charge in [0.1, 0.15) is 11.4 Å². The first-order chi connectivity index (χ1) is 14.4. The zero-order valence-corrected chi connectivity index (χ0v) is 20.0. The van der Waals surface area contributed by atoms with Crippen molar-refractivity contribution in [3.8, 4) is 5.75 Å². The molecule has 1 atom stereocenters. The smallest absolute Gasteiger partial charge is 0.415 e. The second-order valence-electron chi connectivity index (χ2n) is 8.99. The van der Waals surface area contributed by atoms with Crippen molar-refractivity contribution in [1.82, 2.24) is 10.2 Å². The largest absolute Gasteiger partial charge is 0.444 e. The fraction of sp³-hybridized carbons (Fsp3) is 0.625. The van der Waals surface area contributed by atoms with Gasteiger partial charge in [0.25, 0.3) is 0 Å². The lowest BCUT2D eigenvalue weighted by Gasteiger charge is -2.25. The van der Waals surface area contributed by atoms with Crippen molar-refractivity contribution >= 4 is 18.0 Å². The van der Waals surface area contributed by atoms with Crippen molar-refractivity contribution in [1.29, 1.82) is 0 Å². The van der Waals surface area contributed by atoms with Gasteiger partial charge in [-0.05, 0) is 64.2 Å². The van der Waals surface area contributed by atoms with Gasteiger partial charge in [-0.15, -0.1) is 0 Å². The van der Waals surface area contributed by atoms with Crippen LogP contribution in [0, 0.1) is 5.92 Å². The van der Waals surface area contributed by atoms with Gasteiger partial charge in [-0.25, -0.2) is 9.59 Å². The molecule has 7 heteroatoms. The highest BCUT2D eigenvalue weighted by Gasteiger charge is 2.26. The first-order valence-corrected chi connectivity index (χ1v) is 11.0. The molecule has 7 nitrogen and oxygen atoms in total. The molecule has 0 spiro atoms. The summed E-state index contributed by atoms with van der Waals surface area (Å²) in [6.07, 6.45) is 0.407. The molecule has 31 heavy (non-hydrogen) atoms. The van der Waals surface area contributed by atoms with E-state index >= 15 is 0 Å². The van der Waals surface area contributed by atoms with Gasteiger partial charge in [0, 0.05) is 19.5 Å². The molecule has 1 aromatic carbocycles. The maximum atomic E-state index is 12.8. The van der Waals surface area contributed by atoms with Gasteiger partial charge in [-0.3, -0.25) is 4.79 Å². The number of Topliss-reactive ketones (excluding diaryl/α,β-unsaturated/α-hetero) is 1. The van der Waals surface area contributed by atoms with Crippen molar-refractivity contribution in [3.63, 3.8) is 0 Å². The van der Waals surface area contributed by atoms with Crippen LogP contribution >= 0.6 is 0 Å². The van der Waals surface area contributed by atoms with Gasteiger partial charge < -0.3 is 19.7 Å². The third-order valence-corrected chi connectivity index (χ3v) is 4.59. The minimum atomic E-state index is -0.661. The summed E-state index contributed by atoms with van der Waals surface area (Å²) in [6.45, 7) is 13.8. The molecule has 0 heterocycles. The first kappa shape index (κ1) is 26.5. The minimum absolute atomic E-state index is 0.116. The van der Waals surface area contributed by atoms with Crippen LogP contribution in [0.1, 0.15) is 66.9 Å². The highest BCUT2D eigenvalue weighted by molar-refractivity contribution is 5.87. The molecule has 0 aliphatic carbocycles. The second kappa shape index (κ2) is 12.3. The van der Waals surface area contributed by atoms with Crippen molar-refractivity contribution < 1.29 is 23.9 Å². The van der Waals surface area contributed by atoms with Crippen LogP contribution in [0.4, 0.5) is 9.59 Å². The molecule has 1 N–H and O–H groups in total. The third kappa shape index (κ3) is 10.3. The van der Waals surface area contributed by atoms with E-state index in [2.05, 4.69) is 12.2 Å².